The normalized spacial score (nSPS) is 20.5. The van der Waals surface area contributed by atoms with Crippen molar-refractivity contribution in [3.05, 3.63) is 0 Å². The Balaban J connectivity index is 2.26. The number of aliphatic hydroxyl groups is 1. The van der Waals surface area contributed by atoms with Crippen LogP contribution < -0.4 is 0 Å². The Morgan fingerprint density at radius 1 is 1.33 bits per heavy atom. The van der Waals surface area contributed by atoms with Crippen molar-refractivity contribution in [3.8, 4) is 0 Å². The number of aliphatic hydroxyl groups excluding tert-OH is 1. The third kappa shape index (κ3) is 3.55. The molecule has 0 aliphatic heterocycles. The van der Waals surface area contributed by atoms with E-state index in [0.29, 0.717) is 6.04 Å². The molecule has 1 rings (SSSR count). The van der Waals surface area contributed by atoms with Crippen molar-refractivity contribution < 1.29 is 5.11 Å². The molecular weight excluding hydrogens is 150 g/mol. The van der Waals surface area contributed by atoms with Gasteiger partial charge in [-0.05, 0) is 39.5 Å². The van der Waals surface area contributed by atoms with Crippen molar-refractivity contribution in [2.75, 3.05) is 13.1 Å². The van der Waals surface area contributed by atoms with Crippen LogP contribution in [-0.2, 0) is 0 Å². The van der Waals surface area contributed by atoms with Gasteiger partial charge in [0.2, 0.25) is 0 Å². The van der Waals surface area contributed by atoms with E-state index < -0.39 is 0 Å². The summed E-state index contributed by atoms with van der Waals surface area (Å²) < 4.78 is 0. The molecule has 0 saturated heterocycles. The van der Waals surface area contributed by atoms with Crippen molar-refractivity contribution in [2.24, 2.45) is 5.92 Å². The lowest BCUT2D eigenvalue weighted by Gasteiger charge is -2.27. The zero-order valence-corrected chi connectivity index (χ0v) is 8.45. The van der Waals surface area contributed by atoms with Gasteiger partial charge in [0.25, 0.3) is 0 Å². The highest BCUT2D eigenvalue weighted by Gasteiger charge is 2.25. The molecule has 0 radical (unpaired) electrons. The van der Waals surface area contributed by atoms with Crippen LogP contribution in [0.3, 0.4) is 0 Å². The Bertz CT molecular complexity index is 126. The van der Waals surface area contributed by atoms with Gasteiger partial charge in [-0.2, -0.15) is 0 Å². The van der Waals surface area contributed by atoms with Crippen LogP contribution in [0.15, 0.2) is 0 Å². The molecule has 1 aliphatic carbocycles. The zero-order valence-electron chi connectivity index (χ0n) is 8.45. The molecular formula is C10H21NO. The summed E-state index contributed by atoms with van der Waals surface area (Å²) in [4.78, 5) is 2.38. The molecule has 0 bridgehead atoms. The Morgan fingerprint density at radius 3 is 2.25 bits per heavy atom. The minimum Gasteiger partial charge on any atom is -0.392 e. The first-order valence-corrected chi connectivity index (χ1v) is 5.01. The Labute approximate surface area is 75.6 Å². The maximum atomic E-state index is 9.26. The molecule has 1 aliphatic rings. The van der Waals surface area contributed by atoms with E-state index in [2.05, 4.69) is 18.7 Å². The van der Waals surface area contributed by atoms with Crippen LogP contribution >= 0.6 is 0 Å². The summed E-state index contributed by atoms with van der Waals surface area (Å²) in [5, 5.41) is 9.26. The van der Waals surface area contributed by atoms with Crippen LogP contribution in [0.4, 0.5) is 0 Å². The minimum atomic E-state index is -0.189. The lowest BCUT2D eigenvalue weighted by molar-refractivity contribution is 0.104. The first-order chi connectivity index (χ1) is 5.59. The average Bonchev–Trinajstić information content (AvgIpc) is 2.68. The van der Waals surface area contributed by atoms with Gasteiger partial charge in [0.1, 0.15) is 0 Å². The van der Waals surface area contributed by atoms with Gasteiger partial charge in [-0.15, -0.1) is 0 Å². The zero-order chi connectivity index (χ0) is 9.14. The van der Waals surface area contributed by atoms with Crippen molar-refractivity contribution in [2.45, 2.75) is 45.8 Å². The molecule has 1 N–H and O–H groups in total. The van der Waals surface area contributed by atoms with Gasteiger partial charge in [0, 0.05) is 19.1 Å². The summed E-state index contributed by atoms with van der Waals surface area (Å²) in [5.74, 6) is 0.922. The van der Waals surface area contributed by atoms with E-state index >= 15 is 0 Å². The summed E-state index contributed by atoms with van der Waals surface area (Å²) in [6.07, 6.45) is 2.60. The van der Waals surface area contributed by atoms with Crippen LogP contribution in [0.2, 0.25) is 0 Å². The summed E-state index contributed by atoms with van der Waals surface area (Å²) in [7, 11) is 0. The number of rotatable bonds is 5. The molecule has 72 valence electrons. The highest BCUT2D eigenvalue weighted by atomic mass is 16.3. The lowest BCUT2D eigenvalue weighted by Crippen LogP contribution is -2.37. The Morgan fingerprint density at radius 2 is 1.92 bits per heavy atom. The maximum Gasteiger partial charge on any atom is 0.0639 e. The van der Waals surface area contributed by atoms with Gasteiger partial charge in [-0.1, -0.05) is 0 Å². The fourth-order valence-corrected chi connectivity index (χ4v) is 1.47. The predicted octanol–water partition coefficient (Wildman–Crippen LogP) is 1.49. The maximum absolute atomic E-state index is 9.26. The number of hydrogen-bond donors (Lipinski definition) is 1. The van der Waals surface area contributed by atoms with Crippen molar-refractivity contribution >= 4 is 0 Å². The van der Waals surface area contributed by atoms with Crippen LogP contribution in [0, 0.1) is 5.92 Å². The largest absolute Gasteiger partial charge is 0.392 e. The molecule has 12 heavy (non-hydrogen) atoms. The standard InChI is InChI=1S/C10H21NO/c1-8(2)11(6-9(3)12)7-10-4-5-10/h8-10,12H,4-7H2,1-3H3. The fraction of sp³-hybridized carbons (Fsp3) is 1.00. The molecule has 1 unspecified atom stereocenters. The van der Waals surface area contributed by atoms with Crippen LogP contribution in [0.1, 0.15) is 33.6 Å². The molecule has 0 aromatic carbocycles. The van der Waals surface area contributed by atoms with Gasteiger partial charge < -0.3 is 5.11 Å². The quantitative estimate of drug-likeness (QED) is 0.677. The summed E-state index contributed by atoms with van der Waals surface area (Å²) in [6.45, 7) is 8.27. The average molecular weight is 171 g/mol. The second kappa shape index (κ2) is 4.24. The topological polar surface area (TPSA) is 23.5 Å². The molecule has 0 spiro atoms. The van der Waals surface area contributed by atoms with Gasteiger partial charge in [-0.25, -0.2) is 0 Å². The predicted molar refractivity (Wildman–Crippen MR) is 51.1 cm³/mol. The first kappa shape index (κ1) is 10.0. The van der Waals surface area contributed by atoms with E-state index in [-0.39, 0.29) is 6.10 Å². The SMILES string of the molecule is CC(O)CN(CC1CC1)C(C)C. The van der Waals surface area contributed by atoms with Gasteiger partial charge >= 0.3 is 0 Å². The van der Waals surface area contributed by atoms with E-state index in [1.807, 2.05) is 6.92 Å². The molecule has 2 heteroatoms. The molecule has 0 amide bonds. The fourth-order valence-electron chi connectivity index (χ4n) is 1.47. The second-order valence-corrected chi connectivity index (χ2v) is 4.34. The van der Waals surface area contributed by atoms with Gasteiger partial charge in [0.05, 0.1) is 6.10 Å². The van der Waals surface area contributed by atoms with Crippen molar-refractivity contribution in [1.29, 1.82) is 0 Å². The van der Waals surface area contributed by atoms with Crippen LogP contribution in [0.5, 0.6) is 0 Å². The molecule has 1 atom stereocenters. The first-order valence-electron chi connectivity index (χ1n) is 5.01. The minimum absolute atomic E-state index is 0.189. The number of hydrogen-bond acceptors (Lipinski definition) is 2. The Kier molecular flexibility index (Phi) is 3.53. The molecule has 1 fully saturated rings. The Hall–Kier alpha value is -0.0800. The van der Waals surface area contributed by atoms with Gasteiger partial charge in [-0.3, -0.25) is 4.90 Å². The van der Waals surface area contributed by atoms with E-state index in [1.165, 1.54) is 19.4 Å². The molecule has 0 heterocycles. The van der Waals surface area contributed by atoms with E-state index in [1.54, 1.807) is 0 Å². The molecule has 0 aromatic heterocycles. The summed E-state index contributed by atoms with van der Waals surface area (Å²) in [5.41, 5.74) is 0. The van der Waals surface area contributed by atoms with Crippen LogP contribution in [0.25, 0.3) is 0 Å². The monoisotopic (exact) mass is 171 g/mol. The van der Waals surface area contributed by atoms with E-state index in [0.717, 1.165) is 12.5 Å². The second-order valence-electron chi connectivity index (χ2n) is 4.34. The molecule has 2 nitrogen and oxygen atoms in total. The number of nitrogens with zero attached hydrogens (tertiary/aromatic N) is 1. The highest BCUT2D eigenvalue weighted by Crippen LogP contribution is 2.30. The van der Waals surface area contributed by atoms with E-state index in [9.17, 15) is 5.11 Å². The molecule has 0 aromatic rings. The molecule has 1 saturated carbocycles. The lowest BCUT2D eigenvalue weighted by atomic mass is 10.2. The third-order valence-corrected chi connectivity index (χ3v) is 2.42. The van der Waals surface area contributed by atoms with Crippen molar-refractivity contribution in [1.82, 2.24) is 4.90 Å². The smallest absolute Gasteiger partial charge is 0.0639 e. The van der Waals surface area contributed by atoms with Crippen molar-refractivity contribution in [3.63, 3.8) is 0 Å². The van der Waals surface area contributed by atoms with Gasteiger partial charge in [0.15, 0.2) is 0 Å². The third-order valence-electron chi connectivity index (χ3n) is 2.42. The van der Waals surface area contributed by atoms with E-state index in [4.69, 9.17) is 0 Å². The van der Waals surface area contributed by atoms with Crippen LogP contribution in [-0.4, -0.2) is 35.2 Å². The summed E-state index contributed by atoms with van der Waals surface area (Å²) >= 11 is 0. The summed E-state index contributed by atoms with van der Waals surface area (Å²) in [6, 6.07) is 0.570. The highest BCUT2D eigenvalue weighted by molar-refractivity contribution is 4.79.